The fourth-order valence-electron chi connectivity index (χ4n) is 1.97. The predicted octanol–water partition coefficient (Wildman–Crippen LogP) is 3.64. The van der Waals surface area contributed by atoms with Crippen molar-refractivity contribution in [3.63, 3.8) is 0 Å². The lowest BCUT2D eigenvalue weighted by molar-refractivity contribution is -0.113. The summed E-state index contributed by atoms with van der Waals surface area (Å²) in [5, 5.41) is 12.5. The van der Waals surface area contributed by atoms with Crippen molar-refractivity contribution < 1.29 is 4.79 Å². The molecule has 1 aromatic carbocycles. The summed E-state index contributed by atoms with van der Waals surface area (Å²) in [6, 6.07) is 9.61. The molecule has 23 heavy (non-hydrogen) atoms. The van der Waals surface area contributed by atoms with Gasteiger partial charge in [-0.25, -0.2) is 4.98 Å². The van der Waals surface area contributed by atoms with E-state index in [4.69, 9.17) is 5.26 Å². The first kappa shape index (κ1) is 17.4. The largest absolute Gasteiger partial charge is 0.326 e. The van der Waals surface area contributed by atoms with Crippen molar-refractivity contribution in [2.45, 2.75) is 29.9 Å². The van der Waals surface area contributed by atoms with Gasteiger partial charge in [0.1, 0.15) is 0 Å². The zero-order chi connectivity index (χ0) is 16.5. The second-order valence-corrected chi connectivity index (χ2v) is 6.64. The molecule has 120 valence electrons. The van der Waals surface area contributed by atoms with Crippen LogP contribution >= 0.6 is 23.5 Å². The van der Waals surface area contributed by atoms with Gasteiger partial charge in [-0.2, -0.15) is 5.26 Å². The number of hydrogen-bond acceptors (Lipinski definition) is 5. The number of nitrogens with zero attached hydrogens (tertiary/aromatic N) is 3. The number of benzene rings is 1. The van der Waals surface area contributed by atoms with E-state index in [9.17, 15) is 4.79 Å². The average Bonchev–Trinajstić information content (AvgIpc) is 3.00. The van der Waals surface area contributed by atoms with Gasteiger partial charge >= 0.3 is 0 Å². The summed E-state index contributed by atoms with van der Waals surface area (Å²) in [6.07, 6.45) is 4.71. The Balaban J connectivity index is 1.92. The Bertz CT molecular complexity index is 693. The van der Waals surface area contributed by atoms with Crippen LogP contribution in [0.2, 0.25) is 0 Å². The molecule has 0 spiro atoms. The van der Waals surface area contributed by atoms with Crippen molar-refractivity contribution in [2.24, 2.45) is 0 Å². The van der Waals surface area contributed by atoms with Gasteiger partial charge in [0, 0.05) is 23.8 Å². The van der Waals surface area contributed by atoms with Crippen molar-refractivity contribution in [3.8, 4) is 6.07 Å². The molecule has 0 aliphatic rings. The lowest BCUT2D eigenvalue weighted by Gasteiger charge is -2.10. The van der Waals surface area contributed by atoms with E-state index in [1.165, 1.54) is 23.5 Å². The highest BCUT2D eigenvalue weighted by Gasteiger charge is 2.10. The normalized spacial score (nSPS) is 10.3. The molecule has 5 nitrogen and oxygen atoms in total. The van der Waals surface area contributed by atoms with Crippen LogP contribution in [0.25, 0.3) is 0 Å². The van der Waals surface area contributed by atoms with E-state index >= 15 is 0 Å². The molecule has 2 aromatic rings. The van der Waals surface area contributed by atoms with Crippen molar-refractivity contribution >= 4 is 35.1 Å². The molecular weight excluding hydrogens is 328 g/mol. The fourth-order valence-corrected chi connectivity index (χ4v) is 3.42. The number of carbonyl (C=O) groups is 1. The first-order valence-corrected chi connectivity index (χ1v) is 9.24. The van der Waals surface area contributed by atoms with E-state index in [1.807, 2.05) is 30.5 Å². The van der Waals surface area contributed by atoms with Crippen molar-refractivity contribution in [3.05, 3.63) is 36.7 Å². The monoisotopic (exact) mass is 346 g/mol. The van der Waals surface area contributed by atoms with Gasteiger partial charge in [0.25, 0.3) is 0 Å². The Morgan fingerprint density at radius 2 is 2.22 bits per heavy atom. The van der Waals surface area contributed by atoms with E-state index < -0.39 is 0 Å². The molecule has 1 heterocycles. The minimum absolute atomic E-state index is 0.0777. The first-order valence-electron chi connectivity index (χ1n) is 7.27. The second-order valence-electron chi connectivity index (χ2n) is 4.68. The number of rotatable bonds is 8. The molecule has 7 heteroatoms. The van der Waals surface area contributed by atoms with Crippen LogP contribution in [0.15, 0.2) is 46.7 Å². The molecule has 0 fully saturated rings. The number of carbonyl (C=O) groups excluding carboxylic acids is 1. The molecule has 0 aliphatic carbocycles. The maximum absolute atomic E-state index is 12.2. The van der Waals surface area contributed by atoms with E-state index in [0.717, 1.165) is 28.7 Å². The van der Waals surface area contributed by atoms with E-state index in [-0.39, 0.29) is 5.91 Å². The van der Waals surface area contributed by atoms with Crippen LogP contribution in [0.1, 0.15) is 13.3 Å². The highest BCUT2D eigenvalue weighted by atomic mass is 32.2. The van der Waals surface area contributed by atoms with Crippen molar-refractivity contribution in [1.29, 1.82) is 5.26 Å². The number of amides is 1. The maximum atomic E-state index is 12.2. The Labute approximate surface area is 144 Å². The number of imidazole rings is 1. The van der Waals surface area contributed by atoms with Crippen molar-refractivity contribution in [2.75, 3.05) is 16.8 Å². The number of hydrogen-bond donors (Lipinski definition) is 1. The number of nitriles is 1. The Morgan fingerprint density at radius 3 is 3.00 bits per heavy atom. The van der Waals surface area contributed by atoms with Crippen LogP contribution < -0.4 is 5.32 Å². The number of thioether (sulfide) groups is 2. The second kappa shape index (κ2) is 9.28. The first-order chi connectivity index (χ1) is 11.2. The number of nitrogens with one attached hydrogen (secondary N) is 1. The van der Waals surface area contributed by atoms with Crippen LogP contribution in [0, 0.1) is 11.3 Å². The van der Waals surface area contributed by atoms with E-state index in [2.05, 4.69) is 27.9 Å². The van der Waals surface area contributed by atoms with E-state index in [1.54, 1.807) is 6.20 Å². The topological polar surface area (TPSA) is 70.7 Å². The molecular formula is C16H18N4OS2. The van der Waals surface area contributed by atoms with Gasteiger partial charge in [-0.15, -0.1) is 11.8 Å². The summed E-state index contributed by atoms with van der Waals surface area (Å²) in [6.45, 7) is 3.01. The van der Waals surface area contributed by atoms with Crippen LogP contribution in [0.5, 0.6) is 0 Å². The molecule has 0 saturated heterocycles. The maximum Gasteiger partial charge on any atom is 0.234 e. The highest BCUT2D eigenvalue weighted by Crippen LogP contribution is 2.27. The SMILES string of the molecule is CCCn1ccnc1SCC(=O)Nc1ccccc1SCC#N. The zero-order valence-corrected chi connectivity index (χ0v) is 14.5. The predicted molar refractivity (Wildman–Crippen MR) is 94.7 cm³/mol. The van der Waals surface area contributed by atoms with Gasteiger partial charge < -0.3 is 9.88 Å². The average molecular weight is 346 g/mol. The molecule has 0 radical (unpaired) electrons. The Morgan fingerprint density at radius 1 is 1.39 bits per heavy atom. The van der Waals surface area contributed by atoms with Gasteiger partial charge in [0.2, 0.25) is 5.91 Å². The van der Waals surface area contributed by atoms with Gasteiger partial charge in [-0.05, 0) is 18.6 Å². The quantitative estimate of drug-likeness (QED) is 0.739. The molecule has 0 saturated carbocycles. The van der Waals surface area contributed by atoms with Gasteiger partial charge in [0.05, 0.1) is 23.3 Å². The molecule has 1 N–H and O–H groups in total. The Hall–Kier alpha value is -1.91. The summed E-state index contributed by atoms with van der Waals surface area (Å²) in [4.78, 5) is 17.3. The standard InChI is InChI=1S/C16H18N4OS2/c1-2-9-20-10-8-18-16(20)23-12-15(21)19-13-5-3-4-6-14(13)22-11-7-17/h3-6,8,10H,2,9,11-12H2,1H3,(H,19,21). The third-order valence-corrected chi connectivity index (χ3v) is 4.87. The fraction of sp³-hybridized carbons (Fsp3) is 0.312. The van der Waals surface area contributed by atoms with Crippen LogP contribution in [0.3, 0.4) is 0 Å². The van der Waals surface area contributed by atoms with Gasteiger partial charge in [-0.3, -0.25) is 4.79 Å². The number of para-hydroxylation sites is 1. The minimum atomic E-state index is -0.0777. The third kappa shape index (κ3) is 5.34. The minimum Gasteiger partial charge on any atom is -0.326 e. The summed E-state index contributed by atoms with van der Waals surface area (Å²) in [7, 11) is 0. The lowest BCUT2D eigenvalue weighted by atomic mass is 10.3. The zero-order valence-electron chi connectivity index (χ0n) is 12.9. The molecule has 0 atom stereocenters. The summed E-state index contributed by atoms with van der Waals surface area (Å²) in [5.41, 5.74) is 0.746. The van der Waals surface area contributed by atoms with Crippen LogP contribution in [-0.2, 0) is 11.3 Å². The summed E-state index contributed by atoms with van der Waals surface area (Å²) >= 11 is 2.84. The molecule has 0 unspecified atom stereocenters. The van der Waals surface area contributed by atoms with Crippen LogP contribution in [-0.4, -0.2) is 27.0 Å². The lowest BCUT2D eigenvalue weighted by Crippen LogP contribution is -2.15. The molecule has 0 bridgehead atoms. The number of anilines is 1. The summed E-state index contributed by atoms with van der Waals surface area (Å²) < 4.78 is 2.05. The van der Waals surface area contributed by atoms with E-state index in [0.29, 0.717) is 11.5 Å². The molecule has 1 amide bonds. The van der Waals surface area contributed by atoms with Crippen molar-refractivity contribution in [1.82, 2.24) is 9.55 Å². The number of aryl methyl sites for hydroxylation is 1. The smallest absolute Gasteiger partial charge is 0.234 e. The molecule has 1 aromatic heterocycles. The molecule has 2 rings (SSSR count). The third-order valence-electron chi connectivity index (χ3n) is 2.93. The highest BCUT2D eigenvalue weighted by molar-refractivity contribution is 8.00. The van der Waals surface area contributed by atoms with Crippen LogP contribution in [0.4, 0.5) is 5.69 Å². The molecule has 0 aliphatic heterocycles. The van der Waals surface area contributed by atoms with Gasteiger partial charge in [-0.1, -0.05) is 30.8 Å². The van der Waals surface area contributed by atoms with Gasteiger partial charge in [0.15, 0.2) is 5.16 Å². The Kier molecular flexibility index (Phi) is 7.04. The number of aromatic nitrogens is 2. The summed E-state index contributed by atoms with van der Waals surface area (Å²) in [5.74, 6) is 0.583.